The number of hydrogen-bond acceptors (Lipinski definition) is 4. The fourth-order valence-electron chi connectivity index (χ4n) is 4.46. The van der Waals surface area contributed by atoms with Gasteiger partial charge in [-0.1, -0.05) is 35.9 Å². The Bertz CT molecular complexity index is 1360. The normalized spacial score (nSPS) is 16.0. The van der Waals surface area contributed by atoms with Crippen molar-refractivity contribution >= 4 is 29.1 Å². The molecule has 10 heteroatoms. The van der Waals surface area contributed by atoms with Crippen LogP contribution >= 0.6 is 11.6 Å². The zero-order valence-electron chi connectivity index (χ0n) is 17.9. The Morgan fingerprint density at radius 2 is 1.97 bits per heavy atom. The van der Waals surface area contributed by atoms with Gasteiger partial charge in [0.1, 0.15) is 17.1 Å². The summed E-state index contributed by atoms with van der Waals surface area (Å²) < 4.78 is 20.9. The average molecular weight is 480 g/mol. The Morgan fingerprint density at radius 3 is 2.56 bits per heavy atom. The van der Waals surface area contributed by atoms with Gasteiger partial charge in [0.2, 0.25) is 5.91 Å². The summed E-state index contributed by atoms with van der Waals surface area (Å²) in [6.07, 6.45) is 0.148. The van der Waals surface area contributed by atoms with Gasteiger partial charge in [0.15, 0.2) is 5.69 Å². The van der Waals surface area contributed by atoms with Gasteiger partial charge in [-0.15, -0.1) is 0 Å². The fraction of sp³-hybridized carbons (Fsp3) is 0.250. The highest BCUT2D eigenvalue weighted by Gasteiger charge is 2.49. The molecule has 0 aliphatic carbocycles. The highest BCUT2D eigenvalue weighted by Crippen LogP contribution is 2.38. The second kappa shape index (κ2) is 8.24. The molecule has 172 valence electrons. The number of ether oxygens (including phenoxy) is 1. The van der Waals surface area contributed by atoms with Crippen molar-refractivity contribution in [2.75, 3.05) is 19.8 Å². The molecule has 0 bridgehead atoms. The van der Waals surface area contributed by atoms with Crippen LogP contribution in [0.5, 0.6) is 0 Å². The number of halogens is 2. The smallest absolute Gasteiger partial charge is 0.252 e. The van der Waals surface area contributed by atoms with Gasteiger partial charge in [-0.2, -0.15) is 5.10 Å². The van der Waals surface area contributed by atoms with E-state index in [9.17, 15) is 14.0 Å². The summed E-state index contributed by atoms with van der Waals surface area (Å²) in [5, 5.41) is 4.58. The number of benzene rings is 2. The van der Waals surface area contributed by atoms with E-state index in [1.807, 2.05) is 0 Å². The van der Waals surface area contributed by atoms with E-state index in [-0.39, 0.29) is 29.5 Å². The number of fused-ring (bicyclic) bond motifs is 2. The van der Waals surface area contributed by atoms with Gasteiger partial charge in [-0.25, -0.2) is 9.24 Å². The summed E-state index contributed by atoms with van der Waals surface area (Å²) in [4.78, 5) is 30.8. The standard InChI is InChI=1S/C24H19ClFN5O3/c1-28-16-5-2-14(3-6-16)8-20(32)30-10-19-21(23(27)33)22(15-4-7-18(26)17(25)9-15)29-31(19)24(11-30)12-34-13-24/h2-7,9H,8,10-13H2,(H2,27,33). The molecule has 3 heterocycles. The maximum Gasteiger partial charge on any atom is 0.252 e. The average Bonchev–Trinajstić information content (AvgIpc) is 3.19. The summed E-state index contributed by atoms with van der Waals surface area (Å²) in [6.45, 7) is 8.22. The second-order valence-electron chi connectivity index (χ2n) is 8.50. The van der Waals surface area contributed by atoms with Crippen molar-refractivity contribution in [1.29, 1.82) is 0 Å². The first kappa shape index (κ1) is 22.1. The first-order valence-electron chi connectivity index (χ1n) is 10.5. The lowest BCUT2D eigenvalue weighted by atomic mass is 9.92. The lowest BCUT2D eigenvalue weighted by Crippen LogP contribution is -2.63. The van der Waals surface area contributed by atoms with Gasteiger partial charge in [-0.3, -0.25) is 14.3 Å². The number of aromatic nitrogens is 2. The van der Waals surface area contributed by atoms with E-state index >= 15 is 0 Å². The molecular weight excluding hydrogens is 461 g/mol. The molecule has 0 saturated carbocycles. The van der Waals surface area contributed by atoms with Crippen LogP contribution in [-0.2, 0) is 28.0 Å². The largest absolute Gasteiger partial charge is 0.376 e. The quantitative estimate of drug-likeness (QED) is 0.581. The topological polar surface area (TPSA) is 94.8 Å². The molecule has 2 amide bonds. The molecule has 3 aromatic rings. The molecule has 0 radical (unpaired) electrons. The number of hydrogen-bond donors (Lipinski definition) is 1. The van der Waals surface area contributed by atoms with Gasteiger partial charge >= 0.3 is 0 Å². The van der Waals surface area contributed by atoms with E-state index in [1.54, 1.807) is 33.8 Å². The minimum Gasteiger partial charge on any atom is -0.376 e. The Balaban J connectivity index is 1.53. The molecule has 2 aliphatic heterocycles. The molecular formula is C24H19ClFN5O3. The van der Waals surface area contributed by atoms with Crippen LogP contribution in [0.3, 0.4) is 0 Å². The molecule has 5 rings (SSSR count). The third kappa shape index (κ3) is 3.61. The molecule has 34 heavy (non-hydrogen) atoms. The molecule has 2 N–H and O–H groups in total. The Kier molecular flexibility index (Phi) is 5.35. The number of nitrogens with zero attached hydrogens (tertiary/aromatic N) is 4. The zero-order chi connectivity index (χ0) is 24.0. The summed E-state index contributed by atoms with van der Waals surface area (Å²) >= 11 is 5.96. The number of amides is 2. The number of primary amides is 1. The zero-order valence-corrected chi connectivity index (χ0v) is 18.7. The van der Waals surface area contributed by atoms with Crippen LogP contribution in [0.1, 0.15) is 21.6 Å². The molecule has 0 atom stereocenters. The molecule has 1 saturated heterocycles. The Hall–Kier alpha value is -3.74. The van der Waals surface area contributed by atoms with Crippen LogP contribution in [0.4, 0.5) is 10.1 Å². The Morgan fingerprint density at radius 1 is 1.24 bits per heavy atom. The maximum absolute atomic E-state index is 13.7. The van der Waals surface area contributed by atoms with Gasteiger partial charge in [0.05, 0.1) is 55.6 Å². The van der Waals surface area contributed by atoms with Gasteiger partial charge < -0.3 is 15.4 Å². The third-order valence-electron chi connectivity index (χ3n) is 6.21. The van der Waals surface area contributed by atoms with Crippen LogP contribution in [0.25, 0.3) is 16.1 Å². The van der Waals surface area contributed by atoms with E-state index < -0.39 is 17.3 Å². The predicted molar refractivity (Wildman–Crippen MR) is 122 cm³/mol. The molecule has 1 spiro atoms. The van der Waals surface area contributed by atoms with Crippen LogP contribution in [-0.4, -0.2) is 46.3 Å². The third-order valence-corrected chi connectivity index (χ3v) is 6.50. The highest BCUT2D eigenvalue weighted by atomic mass is 35.5. The van der Waals surface area contributed by atoms with Crippen LogP contribution < -0.4 is 5.73 Å². The molecule has 2 aliphatic rings. The van der Waals surface area contributed by atoms with Crippen molar-refractivity contribution < 1.29 is 18.7 Å². The van der Waals surface area contributed by atoms with Crippen molar-refractivity contribution in [3.05, 3.63) is 81.5 Å². The van der Waals surface area contributed by atoms with Crippen LogP contribution in [0, 0.1) is 12.4 Å². The van der Waals surface area contributed by atoms with Crippen molar-refractivity contribution in [2.24, 2.45) is 5.73 Å². The molecule has 2 aromatic carbocycles. The molecule has 1 fully saturated rings. The monoisotopic (exact) mass is 479 g/mol. The first-order valence-corrected chi connectivity index (χ1v) is 10.9. The van der Waals surface area contributed by atoms with Crippen molar-refractivity contribution in [3.8, 4) is 11.3 Å². The summed E-state index contributed by atoms with van der Waals surface area (Å²) in [7, 11) is 0. The highest BCUT2D eigenvalue weighted by molar-refractivity contribution is 6.31. The van der Waals surface area contributed by atoms with Crippen molar-refractivity contribution in [2.45, 2.75) is 18.5 Å². The lowest BCUT2D eigenvalue weighted by molar-refractivity contribution is -0.153. The minimum absolute atomic E-state index is 0.0957. The van der Waals surface area contributed by atoms with E-state index in [4.69, 9.17) is 28.6 Å². The number of carbonyl (C=O) groups is 2. The van der Waals surface area contributed by atoms with Gasteiger partial charge in [-0.05, 0) is 23.8 Å². The van der Waals surface area contributed by atoms with Crippen molar-refractivity contribution in [3.63, 3.8) is 0 Å². The SMILES string of the molecule is [C-]#[N+]c1ccc(CC(=O)N2Cc3c(C(N)=O)c(-c4ccc(F)c(Cl)c4)nn3C3(COC3)C2)cc1. The number of carbonyl (C=O) groups excluding carboxylic acids is 2. The summed E-state index contributed by atoms with van der Waals surface area (Å²) in [5.74, 6) is -1.41. The van der Waals surface area contributed by atoms with E-state index in [2.05, 4.69) is 9.94 Å². The van der Waals surface area contributed by atoms with Crippen LogP contribution in [0.2, 0.25) is 5.02 Å². The lowest BCUT2D eigenvalue weighted by Gasteiger charge is -2.48. The Labute approximate surface area is 199 Å². The van der Waals surface area contributed by atoms with Gasteiger partial charge in [0.25, 0.3) is 5.91 Å². The van der Waals surface area contributed by atoms with Crippen LogP contribution in [0.15, 0.2) is 42.5 Å². The van der Waals surface area contributed by atoms with E-state index in [0.29, 0.717) is 42.4 Å². The molecule has 8 nitrogen and oxygen atoms in total. The van der Waals surface area contributed by atoms with E-state index in [1.165, 1.54) is 18.2 Å². The molecule has 0 unspecified atom stereocenters. The second-order valence-corrected chi connectivity index (χ2v) is 8.90. The molecule has 1 aromatic heterocycles. The first-order chi connectivity index (χ1) is 16.3. The van der Waals surface area contributed by atoms with E-state index in [0.717, 1.165) is 5.56 Å². The number of rotatable bonds is 4. The minimum atomic E-state index is -0.698. The summed E-state index contributed by atoms with van der Waals surface area (Å²) in [6, 6.07) is 11.0. The predicted octanol–water partition coefficient (Wildman–Crippen LogP) is 3.30. The number of nitrogens with two attached hydrogens (primary N) is 1. The van der Waals surface area contributed by atoms with Gasteiger partial charge in [0, 0.05) is 5.56 Å². The fourth-order valence-corrected chi connectivity index (χ4v) is 4.64. The maximum atomic E-state index is 13.7. The van der Waals surface area contributed by atoms with Crippen molar-refractivity contribution in [1.82, 2.24) is 14.7 Å². The summed E-state index contributed by atoms with van der Waals surface area (Å²) in [5.41, 5.74) is 7.84.